The van der Waals surface area contributed by atoms with Crippen LogP contribution in [0.2, 0.25) is 0 Å². The first-order valence-corrected chi connectivity index (χ1v) is 6.68. The van der Waals surface area contributed by atoms with Crippen LogP contribution in [-0.2, 0) is 0 Å². The van der Waals surface area contributed by atoms with Crippen molar-refractivity contribution in [2.45, 2.75) is 13.0 Å². The second kappa shape index (κ2) is 6.41. The fourth-order valence-electron chi connectivity index (χ4n) is 2.45. The second-order valence-corrected chi connectivity index (χ2v) is 4.89. The summed E-state index contributed by atoms with van der Waals surface area (Å²) in [5, 5.41) is 10.0. The van der Waals surface area contributed by atoms with Crippen molar-refractivity contribution in [2.75, 3.05) is 39.3 Å². The normalized spacial score (nSPS) is 19.6. The Kier molecular flexibility index (Phi) is 4.85. The Morgan fingerprint density at radius 1 is 1.11 bits per heavy atom. The Hall–Kier alpha value is -1.04. The van der Waals surface area contributed by atoms with Crippen LogP contribution in [0, 0.1) is 11.6 Å². The van der Waals surface area contributed by atoms with E-state index in [1.165, 1.54) is 18.2 Å². The number of likely N-dealkylation sites (N-methyl/N-ethyl adjacent to an activating group) is 1. The van der Waals surface area contributed by atoms with Gasteiger partial charge in [-0.25, -0.2) is 8.78 Å². The standard InChI is InChI=1S/C14H20F2N2O/c1-2-17-6-8-18(9-7-17)10-13(19)14-11(15)4-3-5-12(14)16/h3-5,13,19H,2,6-10H2,1H3. The Morgan fingerprint density at radius 2 is 1.63 bits per heavy atom. The summed E-state index contributed by atoms with van der Waals surface area (Å²) in [5.41, 5.74) is -0.222. The molecule has 1 aliphatic heterocycles. The van der Waals surface area contributed by atoms with Gasteiger partial charge in [-0.1, -0.05) is 13.0 Å². The van der Waals surface area contributed by atoms with Gasteiger partial charge in [0.05, 0.1) is 11.7 Å². The van der Waals surface area contributed by atoms with Gasteiger partial charge in [0, 0.05) is 32.7 Å². The molecule has 1 unspecified atom stereocenters. The molecule has 1 saturated heterocycles. The van der Waals surface area contributed by atoms with Gasteiger partial charge in [0.1, 0.15) is 11.6 Å². The number of piperazine rings is 1. The molecule has 0 bridgehead atoms. The maximum absolute atomic E-state index is 13.5. The lowest BCUT2D eigenvalue weighted by Crippen LogP contribution is -2.47. The van der Waals surface area contributed by atoms with E-state index in [9.17, 15) is 13.9 Å². The Bertz CT molecular complexity index is 400. The van der Waals surface area contributed by atoms with Crippen molar-refractivity contribution >= 4 is 0 Å². The molecule has 1 aliphatic rings. The largest absolute Gasteiger partial charge is 0.387 e. The van der Waals surface area contributed by atoms with Gasteiger partial charge in [0.25, 0.3) is 0 Å². The van der Waals surface area contributed by atoms with E-state index < -0.39 is 17.7 Å². The summed E-state index contributed by atoms with van der Waals surface area (Å²) in [6, 6.07) is 3.66. The third-order valence-corrected chi connectivity index (χ3v) is 3.68. The SMILES string of the molecule is CCN1CCN(CC(O)c2c(F)cccc2F)CC1. The van der Waals surface area contributed by atoms with Crippen LogP contribution < -0.4 is 0 Å². The fraction of sp³-hybridized carbons (Fsp3) is 0.571. The predicted molar refractivity (Wildman–Crippen MR) is 69.9 cm³/mol. The Balaban J connectivity index is 1.96. The summed E-state index contributed by atoms with van der Waals surface area (Å²) in [4.78, 5) is 4.36. The van der Waals surface area contributed by atoms with Gasteiger partial charge in [0.2, 0.25) is 0 Å². The van der Waals surface area contributed by atoms with Gasteiger partial charge in [-0.3, -0.25) is 4.90 Å². The van der Waals surface area contributed by atoms with Crippen LogP contribution in [-0.4, -0.2) is 54.2 Å². The number of rotatable bonds is 4. The zero-order chi connectivity index (χ0) is 13.8. The van der Waals surface area contributed by atoms with Crippen molar-refractivity contribution in [3.63, 3.8) is 0 Å². The van der Waals surface area contributed by atoms with Gasteiger partial charge in [-0.05, 0) is 18.7 Å². The number of hydrogen-bond acceptors (Lipinski definition) is 3. The molecule has 1 fully saturated rings. The molecular weight excluding hydrogens is 250 g/mol. The molecule has 3 nitrogen and oxygen atoms in total. The summed E-state index contributed by atoms with van der Waals surface area (Å²) in [6.07, 6.45) is -1.12. The zero-order valence-electron chi connectivity index (χ0n) is 11.1. The number of aliphatic hydroxyl groups excluding tert-OH is 1. The van der Waals surface area contributed by atoms with Gasteiger partial charge < -0.3 is 10.0 Å². The molecule has 2 rings (SSSR count). The summed E-state index contributed by atoms with van der Waals surface area (Å²) >= 11 is 0. The summed E-state index contributed by atoms with van der Waals surface area (Å²) in [6.45, 7) is 6.90. The molecule has 0 aliphatic carbocycles. The minimum atomic E-state index is -1.12. The van der Waals surface area contributed by atoms with E-state index in [2.05, 4.69) is 11.8 Å². The quantitative estimate of drug-likeness (QED) is 0.901. The molecule has 1 heterocycles. The van der Waals surface area contributed by atoms with Crippen LogP contribution >= 0.6 is 0 Å². The number of nitrogens with zero attached hydrogens (tertiary/aromatic N) is 2. The minimum absolute atomic E-state index is 0.222. The Morgan fingerprint density at radius 3 is 2.16 bits per heavy atom. The van der Waals surface area contributed by atoms with Crippen LogP contribution in [0.15, 0.2) is 18.2 Å². The molecule has 0 aromatic heterocycles. The summed E-state index contributed by atoms with van der Waals surface area (Å²) < 4.78 is 27.1. The van der Waals surface area contributed by atoms with E-state index in [-0.39, 0.29) is 12.1 Å². The van der Waals surface area contributed by atoms with Gasteiger partial charge in [-0.15, -0.1) is 0 Å². The number of halogens is 2. The highest BCUT2D eigenvalue weighted by Crippen LogP contribution is 2.21. The van der Waals surface area contributed by atoms with Crippen molar-refractivity contribution in [1.29, 1.82) is 0 Å². The van der Waals surface area contributed by atoms with E-state index in [0.717, 1.165) is 32.7 Å². The number of aliphatic hydroxyl groups is 1. The predicted octanol–water partition coefficient (Wildman–Crippen LogP) is 1.64. The Labute approximate surface area is 112 Å². The van der Waals surface area contributed by atoms with Crippen molar-refractivity contribution in [3.05, 3.63) is 35.4 Å². The summed E-state index contributed by atoms with van der Waals surface area (Å²) in [5.74, 6) is -1.36. The molecule has 5 heteroatoms. The lowest BCUT2D eigenvalue weighted by molar-refractivity contribution is 0.0708. The third-order valence-electron chi connectivity index (χ3n) is 3.68. The van der Waals surface area contributed by atoms with Crippen LogP contribution in [0.4, 0.5) is 8.78 Å². The highest BCUT2D eigenvalue weighted by atomic mass is 19.1. The molecule has 0 radical (unpaired) electrons. The number of hydrogen-bond donors (Lipinski definition) is 1. The molecule has 1 aromatic rings. The van der Waals surface area contributed by atoms with Gasteiger partial charge >= 0.3 is 0 Å². The van der Waals surface area contributed by atoms with Crippen molar-refractivity contribution in [1.82, 2.24) is 9.80 Å². The first-order valence-electron chi connectivity index (χ1n) is 6.68. The van der Waals surface area contributed by atoms with Crippen molar-refractivity contribution in [2.24, 2.45) is 0 Å². The van der Waals surface area contributed by atoms with E-state index in [1.54, 1.807) is 0 Å². The second-order valence-electron chi connectivity index (χ2n) is 4.89. The highest BCUT2D eigenvalue weighted by molar-refractivity contribution is 5.22. The monoisotopic (exact) mass is 270 g/mol. The van der Waals surface area contributed by atoms with Crippen LogP contribution in [0.1, 0.15) is 18.6 Å². The van der Waals surface area contributed by atoms with Crippen LogP contribution in [0.5, 0.6) is 0 Å². The molecule has 19 heavy (non-hydrogen) atoms. The van der Waals surface area contributed by atoms with Crippen LogP contribution in [0.3, 0.4) is 0 Å². The smallest absolute Gasteiger partial charge is 0.131 e. The fourth-order valence-corrected chi connectivity index (χ4v) is 2.45. The average molecular weight is 270 g/mol. The van der Waals surface area contributed by atoms with Crippen molar-refractivity contribution < 1.29 is 13.9 Å². The minimum Gasteiger partial charge on any atom is -0.387 e. The van der Waals surface area contributed by atoms with Crippen LogP contribution in [0.25, 0.3) is 0 Å². The maximum atomic E-state index is 13.5. The average Bonchev–Trinajstić information content (AvgIpc) is 2.39. The first-order chi connectivity index (χ1) is 9.11. The van der Waals surface area contributed by atoms with Gasteiger partial charge in [0.15, 0.2) is 0 Å². The highest BCUT2D eigenvalue weighted by Gasteiger charge is 2.22. The number of β-amino-alcohol motifs (C(OH)–C–C–N with tert-alkyl or cyclic N) is 1. The lowest BCUT2D eigenvalue weighted by Gasteiger charge is -2.35. The van der Waals surface area contributed by atoms with E-state index in [4.69, 9.17) is 0 Å². The molecule has 0 spiro atoms. The molecule has 106 valence electrons. The maximum Gasteiger partial charge on any atom is 0.131 e. The molecule has 1 atom stereocenters. The van der Waals surface area contributed by atoms with E-state index >= 15 is 0 Å². The first kappa shape index (κ1) is 14.4. The zero-order valence-corrected chi connectivity index (χ0v) is 11.1. The molecule has 1 N–H and O–H groups in total. The molecule has 0 amide bonds. The van der Waals surface area contributed by atoms with Gasteiger partial charge in [-0.2, -0.15) is 0 Å². The van der Waals surface area contributed by atoms with E-state index in [0.29, 0.717) is 0 Å². The lowest BCUT2D eigenvalue weighted by atomic mass is 10.1. The van der Waals surface area contributed by atoms with E-state index in [1.807, 2.05) is 4.90 Å². The van der Waals surface area contributed by atoms with Crippen molar-refractivity contribution in [3.8, 4) is 0 Å². The molecule has 1 aromatic carbocycles. The topological polar surface area (TPSA) is 26.7 Å². The molecule has 0 saturated carbocycles. The summed E-state index contributed by atoms with van der Waals surface area (Å²) in [7, 11) is 0. The number of benzene rings is 1. The third kappa shape index (κ3) is 3.49. The molecular formula is C14H20F2N2O.